The second kappa shape index (κ2) is 9.01. The summed E-state index contributed by atoms with van der Waals surface area (Å²) >= 11 is 0. The van der Waals surface area contributed by atoms with Crippen LogP contribution in [0.15, 0.2) is 4.42 Å². The predicted molar refractivity (Wildman–Crippen MR) is 89.2 cm³/mol. The Morgan fingerprint density at radius 2 is 2.22 bits per heavy atom. The van der Waals surface area contributed by atoms with E-state index in [0.29, 0.717) is 30.7 Å². The van der Waals surface area contributed by atoms with Gasteiger partial charge in [0.15, 0.2) is 0 Å². The lowest BCUT2D eigenvalue weighted by molar-refractivity contribution is -0.121. The minimum Gasteiger partial charge on any atom is -0.425 e. The first-order chi connectivity index (χ1) is 11.1. The fourth-order valence-electron chi connectivity index (χ4n) is 3.07. The molecule has 1 aromatic rings. The van der Waals surface area contributed by atoms with Gasteiger partial charge in [0.05, 0.1) is 0 Å². The summed E-state index contributed by atoms with van der Waals surface area (Å²) in [4.78, 5) is 14.4. The van der Waals surface area contributed by atoms with E-state index >= 15 is 0 Å². The lowest BCUT2D eigenvalue weighted by atomic mass is 10.0. The number of piperidine rings is 1. The van der Waals surface area contributed by atoms with Crippen LogP contribution in [0.2, 0.25) is 0 Å². The fourth-order valence-corrected chi connectivity index (χ4v) is 3.07. The number of carbonyl (C=O) groups is 1. The van der Waals surface area contributed by atoms with Gasteiger partial charge in [0, 0.05) is 37.9 Å². The van der Waals surface area contributed by atoms with Crippen LogP contribution in [0.3, 0.4) is 0 Å². The maximum atomic E-state index is 11.9. The highest BCUT2D eigenvalue weighted by molar-refractivity contribution is 5.75. The first-order valence-corrected chi connectivity index (χ1v) is 8.93. The summed E-state index contributed by atoms with van der Waals surface area (Å²) in [6, 6.07) is 0.688. The van der Waals surface area contributed by atoms with E-state index in [1.165, 1.54) is 25.7 Å². The topological polar surface area (TPSA) is 71.3 Å². The molecule has 1 atom stereocenters. The van der Waals surface area contributed by atoms with Crippen molar-refractivity contribution in [3.63, 3.8) is 0 Å². The maximum absolute atomic E-state index is 11.9. The molecule has 6 nitrogen and oxygen atoms in total. The number of hydrogen-bond donors (Lipinski definition) is 1. The van der Waals surface area contributed by atoms with Gasteiger partial charge in [-0.25, -0.2) is 0 Å². The first kappa shape index (κ1) is 17.9. The molecule has 130 valence electrons. The average molecular weight is 322 g/mol. The Morgan fingerprint density at radius 1 is 1.39 bits per heavy atom. The molecule has 1 saturated heterocycles. The van der Waals surface area contributed by atoms with Crippen LogP contribution in [-0.2, 0) is 11.2 Å². The van der Waals surface area contributed by atoms with Gasteiger partial charge < -0.3 is 9.73 Å². The summed E-state index contributed by atoms with van der Waals surface area (Å²) in [6.07, 6.45) is 6.01. The molecule has 1 aliphatic heterocycles. The molecule has 2 rings (SSSR count). The van der Waals surface area contributed by atoms with Gasteiger partial charge in [0.1, 0.15) is 0 Å². The zero-order valence-corrected chi connectivity index (χ0v) is 14.7. The zero-order valence-electron chi connectivity index (χ0n) is 14.7. The van der Waals surface area contributed by atoms with Gasteiger partial charge in [0.25, 0.3) is 0 Å². The Balaban J connectivity index is 1.64. The van der Waals surface area contributed by atoms with Crippen LogP contribution >= 0.6 is 0 Å². The summed E-state index contributed by atoms with van der Waals surface area (Å²) in [5, 5.41) is 11.0. The molecule has 0 bridgehead atoms. The number of aryl methyl sites for hydroxylation is 1. The molecule has 1 aliphatic rings. The molecule has 2 heterocycles. The van der Waals surface area contributed by atoms with Gasteiger partial charge in [0.2, 0.25) is 17.7 Å². The van der Waals surface area contributed by atoms with Gasteiger partial charge in [-0.05, 0) is 25.8 Å². The highest BCUT2D eigenvalue weighted by atomic mass is 16.4. The van der Waals surface area contributed by atoms with Crippen molar-refractivity contribution in [3.05, 3.63) is 11.8 Å². The van der Waals surface area contributed by atoms with E-state index in [9.17, 15) is 4.79 Å². The zero-order chi connectivity index (χ0) is 16.7. The Bertz CT molecular complexity index is 487. The second-order valence-electron chi connectivity index (χ2n) is 6.63. The number of aromatic nitrogens is 2. The Morgan fingerprint density at radius 3 is 2.91 bits per heavy atom. The number of hydrogen-bond acceptors (Lipinski definition) is 5. The third-order valence-corrected chi connectivity index (χ3v) is 4.48. The molecule has 0 radical (unpaired) electrons. The summed E-state index contributed by atoms with van der Waals surface area (Å²) in [6.45, 7) is 9.09. The quantitative estimate of drug-likeness (QED) is 0.796. The van der Waals surface area contributed by atoms with Crippen LogP contribution in [-0.4, -0.2) is 46.7 Å². The largest absolute Gasteiger partial charge is 0.425 e. The third kappa shape index (κ3) is 5.61. The van der Waals surface area contributed by atoms with Crippen molar-refractivity contribution in [2.75, 3.05) is 19.6 Å². The van der Waals surface area contributed by atoms with E-state index in [2.05, 4.69) is 27.3 Å². The second-order valence-corrected chi connectivity index (χ2v) is 6.63. The van der Waals surface area contributed by atoms with E-state index in [1.807, 2.05) is 13.8 Å². The number of likely N-dealkylation sites (tertiary alicyclic amines) is 1. The van der Waals surface area contributed by atoms with Gasteiger partial charge in [-0.1, -0.05) is 27.2 Å². The summed E-state index contributed by atoms with van der Waals surface area (Å²) < 4.78 is 5.51. The predicted octanol–water partition coefficient (Wildman–Crippen LogP) is 2.51. The average Bonchev–Trinajstić information content (AvgIpc) is 3.02. The van der Waals surface area contributed by atoms with Gasteiger partial charge in [-0.15, -0.1) is 10.2 Å². The highest BCUT2D eigenvalue weighted by Gasteiger charge is 2.20. The van der Waals surface area contributed by atoms with Gasteiger partial charge in [-0.2, -0.15) is 0 Å². The molecule has 23 heavy (non-hydrogen) atoms. The van der Waals surface area contributed by atoms with Crippen LogP contribution in [0.4, 0.5) is 0 Å². The lowest BCUT2D eigenvalue weighted by Crippen LogP contribution is -2.43. The van der Waals surface area contributed by atoms with Gasteiger partial charge in [-0.3, -0.25) is 9.69 Å². The van der Waals surface area contributed by atoms with Crippen molar-refractivity contribution in [2.24, 2.45) is 0 Å². The van der Waals surface area contributed by atoms with E-state index in [0.717, 1.165) is 19.6 Å². The smallest absolute Gasteiger partial charge is 0.220 e. The lowest BCUT2D eigenvalue weighted by Gasteiger charge is -2.35. The molecule has 1 unspecified atom stereocenters. The Hall–Kier alpha value is -1.43. The summed E-state index contributed by atoms with van der Waals surface area (Å²) in [5.74, 6) is 1.46. The minimum absolute atomic E-state index is 0.0550. The molecule has 1 amide bonds. The van der Waals surface area contributed by atoms with E-state index in [1.54, 1.807) is 0 Å². The SMILES string of the molecule is CCC1CCCCN1CCNC(=O)CCc1nnc(C(C)C)o1. The number of rotatable bonds is 8. The minimum atomic E-state index is 0.0550. The molecule has 1 fully saturated rings. The van der Waals surface area contributed by atoms with Gasteiger partial charge >= 0.3 is 0 Å². The molecule has 1 N–H and O–H groups in total. The molecular formula is C17H30N4O2. The molecule has 6 heteroatoms. The Kier molecular flexibility index (Phi) is 7.02. The number of amides is 1. The monoisotopic (exact) mass is 322 g/mol. The molecule has 0 saturated carbocycles. The van der Waals surface area contributed by atoms with Crippen molar-refractivity contribution in [2.45, 2.75) is 71.3 Å². The van der Waals surface area contributed by atoms with Crippen molar-refractivity contribution in [1.29, 1.82) is 0 Å². The normalized spacial score (nSPS) is 19.2. The third-order valence-electron chi connectivity index (χ3n) is 4.48. The molecule has 1 aromatic heterocycles. The van der Waals surface area contributed by atoms with Crippen molar-refractivity contribution in [1.82, 2.24) is 20.4 Å². The van der Waals surface area contributed by atoms with Crippen LogP contribution < -0.4 is 5.32 Å². The molecule has 0 spiro atoms. The molecule has 0 aromatic carbocycles. The first-order valence-electron chi connectivity index (χ1n) is 8.93. The Labute approximate surface area is 139 Å². The van der Waals surface area contributed by atoms with Crippen molar-refractivity contribution in [3.8, 4) is 0 Å². The van der Waals surface area contributed by atoms with Crippen molar-refractivity contribution < 1.29 is 9.21 Å². The van der Waals surface area contributed by atoms with Crippen LogP contribution in [0.5, 0.6) is 0 Å². The van der Waals surface area contributed by atoms with E-state index in [4.69, 9.17) is 4.42 Å². The standard InChI is InChI=1S/C17H30N4O2/c1-4-14-7-5-6-11-21(14)12-10-18-15(22)8-9-16-19-20-17(23-16)13(2)3/h13-14H,4-12H2,1-3H3,(H,18,22). The molecule has 0 aliphatic carbocycles. The van der Waals surface area contributed by atoms with Crippen LogP contribution in [0, 0.1) is 0 Å². The fraction of sp³-hybridized carbons (Fsp3) is 0.824. The maximum Gasteiger partial charge on any atom is 0.220 e. The van der Waals surface area contributed by atoms with Crippen molar-refractivity contribution >= 4 is 5.91 Å². The van der Waals surface area contributed by atoms with E-state index in [-0.39, 0.29) is 11.8 Å². The highest BCUT2D eigenvalue weighted by Crippen LogP contribution is 2.18. The van der Waals surface area contributed by atoms with E-state index < -0.39 is 0 Å². The number of nitrogens with zero attached hydrogens (tertiary/aromatic N) is 3. The van der Waals surface area contributed by atoms with Crippen LogP contribution in [0.1, 0.15) is 70.6 Å². The van der Waals surface area contributed by atoms with Crippen LogP contribution in [0.25, 0.3) is 0 Å². The summed E-state index contributed by atoms with van der Waals surface area (Å²) in [7, 11) is 0. The summed E-state index contributed by atoms with van der Waals surface area (Å²) in [5.41, 5.74) is 0. The molecular weight excluding hydrogens is 292 g/mol. The number of nitrogens with one attached hydrogen (secondary N) is 1. The number of carbonyl (C=O) groups excluding carboxylic acids is 1.